The highest BCUT2D eigenvalue weighted by molar-refractivity contribution is 9.10. The van der Waals surface area contributed by atoms with Crippen molar-refractivity contribution in [2.45, 2.75) is 6.10 Å². The summed E-state index contributed by atoms with van der Waals surface area (Å²) in [5, 5.41) is 13.2. The Kier molecular flexibility index (Phi) is 4.44. The molecule has 1 amide bonds. The van der Waals surface area contributed by atoms with Gasteiger partial charge in [0.1, 0.15) is 0 Å². The molecule has 1 aromatic heterocycles. The minimum Gasteiger partial charge on any atom is -0.479 e. The predicted molar refractivity (Wildman–Crippen MR) is 84.5 cm³/mol. The van der Waals surface area contributed by atoms with E-state index in [9.17, 15) is 9.59 Å². The van der Waals surface area contributed by atoms with Gasteiger partial charge in [-0.25, -0.2) is 9.48 Å². The Morgan fingerprint density at radius 1 is 1.39 bits per heavy atom. The quantitative estimate of drug-likeness (QED) is 0.874. The number of aliphatic carboxylic acids is 1. The fraction of sp³-hybridized carbons (Fsp3) is 0.267. The molecule has 1 atom stereocenters. The molecule has 1 aromatic carbocycles. The van der Waals surface area contributed by atoms with E-state index in [0.717, 1.165) is 10.2 Å². The molecular formula is C15H14BrN3O4. The topological polar surface area (TPSA) is 84.7 Å². The van der Waals surface area contributed by atoms with Crippen LogP contribution in [0.5, 0.6) is 0 Å². The van der Waals surface area contributed by atoms with E-state index in [0.29, 0.717) is 12.1 Å². The molecule has 1 aliphatic rings. The lowest BCUT2D eigenvalue weighted by Crippen LogP contribution is -2.48. The fourth-order valence-corrected chi connectivity index (χ4v) is 2.67. The molecule has 0 spiro atoms. The maximum Gasteiger partial charge on any atom is 0.334 e. The number of carboxylic acid groups (broad SMARTS) is 1. The van der Waals surface area contributed by atoms with Gasteiger partial charge >= 0.3 is 5.97 Å². The summed E-state index contributed by atoms with van der Waals surface area (Å²) in [4.78, 5) is 25.1. The van der Waals surface area contributed by atoms with Crippen LogP contribution in [0.4, 0.5) is 0 Å². The van der Waals surface area contributed by atoms with Gasteiger partial charge < -0.3 is 14.7 Å². The van der Waals surface area contributed by atoms with Gasteiger partial charge in [-0.1, -0.05) is 6.07 Å². The standard InChI is InChI=1S/C15H14BrN3O4/c16-11-7-17-19(8-11)12-3-1-2-10(6-12)14(20)18-4-5-23-13(9-18)15(21)22/h1-3,6-8,13H,4-5,9H2,(H,21,22)/t13-/m1/s1. The molecule has 2 heterocycles. The van der Waals surface area contributed by atoms with Crippen LogP contribution >= 0.6 is 15.9 Å². The van der Waals surface area contributed by atoms with Gasteiger partial charge in [0.2, 0.25) is 0 Å². The Balaban J connectivity index is 1.81. The summed E-state index contributed by atoms with van der Waals surface area (Å²) in [6.07, 6.45) is 2.48. The van der Waals surface area contributed by atoms with Crippen LogP contribution in [0.3, 0.4) is 0 Å². The first-order valence-electron chi connectivity index (χ1n) is 6.99. The average molecular weight is 380 g/mol. The van der Waals surface area contributed by atoms with Crippen molar-refractivity contribution in [1.82, 2.24) is 14.7 Å². The summed E-state index contributed by atoms with van der Waals surface area (Å²) in [5.74, 6) is -1.27. The number of aromatic nitrogens is 2. The molecule has 0 unspecified atom stereocenters. The van der Waals surface area contributed by atoms with Gasteiger partial charge in [0.05, 0.1) is 29.5 Å². The van der Waals surface area contributed by atoms with Crippen LogP contribution in [-0.4, -0.2) is 57.5 Å². The van der Waals surface area contributed by atoms with Crippen molar-refractivity contribution < 1.29 is 19.4 Å². The third-order valence-electron chi connectivity index (χ3n) is 3.54. The number of rotatable bonds is 3. The molecule has 2 aromatic rings. The summed E-state index contributed by atoms with van der Waals surface area (Å²) in [6.45, 7) is 0.639. The number of amides is 1. The fourth-order valence-electron chi connectivity index (χ4n) is 2.39. The van der Waals surface area contributed by atoms with Crippen molar-refractivity contribution in [1.29, 1.82) is 0 Å². The summed E-state index contributed by atoms with van der Waals surface area (Å²) in [5.41, 5.74) is 1.24. The Hall–Kier alpha value is -2.19. The molecule has 1 aliphatic heterocycles. The van der Waals surface area contributed by atoms with Crippen LogP contribution in [0.2, 0.25) is 0 Å². The predicted octanol–water partition coefficient (Wildman–Crippen LogP) is 1.56. The van der Waals surface area contributed by atoms with E-state index in [1.807, 2.05) is 6.07 Å². The smallest absolute Gasteiger partial charge is 0.334 e. The van der Waals surface area contributed by atoms with Crippen LogP contribution < -0.4 is 0 Å². The maximum absolute atomic E-state index is 12.6. The molecule has 0 bridgehead atoms. The molecule has 1 saturated heterocycles. The van der Waals surface area contributed by atoms with Crippen molar-refractivity contribution in [2.75, 3.05) is 19.7 Å². The highest BCUT2D eigenvalue weighted by atomic mass is 79.9. The number of ether oxygens (including phenoxy) is 1. The second-order valence-corrected chi connectivity index (χ2v) is 6.02. The normalized spacial score (nSPS) is 18.0. The number of morpholine rings is 1. The summed E-state index contributed by atoms with van der Waals surface area (Å²) in [6, 6.07) is 7.05. The first-order valence-corrected chi connectivity index (χ1v) is 7.78. The molecule has 0 saturated carbocycles. The highest BCUT2D eigenvalue weighted by Gasteiger charge is 2.29. The Bertz CT molecular complexity index is 746. The lowest BCUT2D eigenvalue weighted by molar-refractivity contribution is -0.154. The van der Waals surface area contributed by atoms with E-state index in [4.69, 9.17) is 9.84 Å². The van der Waals surface area contributed by atoms with Crippen LogP contribution in [0, 0.1) is 0 Å². The molecule has 0 radical (unpaired) electrons. The summed E-state index contributed by atoms with van der Waals surface area (Å²) >= 11 is 3.33. The van der Waals surface area contributed by atoms with E-state index in [2.05, 4.69) is 21.0 Å². The van der Waals surface area contributed by atoms with E-state index < -0.39 is 12.1 Å². The van der Waals surface area contributed by atoms with Gasteiger partial charge in [0.25, 0.3) is 5.91 Å². The number of carboxylic acids is 1. The van der Waals surface area contributed by atoms with Crippen LogP contribution in [-0.2, 0) is 9.53 Å². The van der Waals surface area contributed by atoms with Crippen LogP contribution in [0.15, 0.2) is 41.1 Å². The van der Waals surface area contributed by atoms with E-state index in [-0.39, 0.29) is 19.1 Å². The molecule has 7 nitrogen and oxygen atoms in total. The number of hydrogen-bond acceptors (Lipinski definition) is 4. The van der Waals surface area contributed by atoms with Gasteiger partial charge in [0.15, 0.2) is 6.10 Å². The summed E-state index contributed by atoms with van der Waals surface area (Å²) in [7, 11) is 0. The zero-order valence-corrected chi connectivity index (χ0v) is 13.6. The van der Waals surface area contributed by atoms with Gasteiger partial charge in [0, 0.05) is 18.3 Å². The first-order chi connectivity index (χ1) is 11.0. The molecule has 0 aliphatic carbocycles. The number of benzene rings is 1. The lowest BCUT2D eigenvalue weighted by Gasteiger charge is -2.31. The molecule has 8 heteroatoms. The second-order valence-electron chi connectivity index (χ2n) is 5.10. The first kappa shape index (κ1) is 15.7. The van der Waals surface area contributed by atoms with E-state index >= 15 is 0 Å². The van der Waals surface area contributed by atoms with Crippen molar-refractivity contribution in [2.24, 2.45) is 0 Å². The van der Waals surface area contributed by atoms with Crippen molar-refractivity contribution in [3.8, 4) is 5.69 Å². The Morgan fingerprint density at radius 2 is 2.22 bits per heavy atom. The highest BCUT2D eigenvalue weighted by Crippen LogP contribution is 2.16. The SMILES string of the molecule is O=C(O)[C@H]1CN(C(=O)c2cccc(-n3cc(Br)cn3)c2)CCO1. The van der Waals surface area contributed by atoms with Gasteiger partial charge in [-0.2, -0.15) is 5.10 Å². The molecule has 23 heavy (non-hydrogen) atoms. The van der Waals surface area contributed by atoms with Gasteiger partial charge in [-0.3, -0.25) is 4.79 Å². The van der Waals surface area contributed by atoms with Crippen molar-refractivity contribution in [3.63, 3.8) is 0 Å². The number of carbonyl (C=O) groups is 2. The Labute approximate surface area is 140 Å². The molecular weight excluding hydrogens is 366 g/mol. The minimum atomic E-state index is -1.06. The number of carbonyl (C=O) groups excluding carboxylic acids is 1. The Morgan fingerprint density at radius 3 is 2.91 bits per heavy atom. The number of halogens is 1. The number of nitrogens with zero attached hydrogens (tertiary/aromatic N) is 3. The van der Waals surface area contributed by atoms with Crippen LogP contribution in [0.25, 0.3) is 5.69 Å². The van der Waals surface area contributed by atoms with E-state index in [1.165, 1.54) is 4.90 Å². The van der Waals surface area contributed by atoms with Gasteiger partial charge in [-0.05, 0) is 34.1 Å². The minimum absolute atomic E-state index is 0.0473. The zero-order valence-electron chi connectivity index (χ0n) is 12.1. The van der Waals surface area contributed by atoms with Gasteiger partial charge in [-0.15, -0.1) is 0 Å². The average Bonchev–Trinajstić information content (AvgIpc) is 3.01. The molecule has 120 valence electrons. The summed E-state index contributed by atoms with van der Waals surface area (Å²) < 4.78 is 7.63. The third-order valence-corrected chi connectivity index (χ3v) is 3.95. The number of hydrogen-bond donors (Lipinski definition) is 1. The maximum atomic E-state index is 12.6. The molecule has 1 N–H and O–H groups in total. The molecule has 1 fully saturated rings. The van der Waals surface area contributed by atoms with Crippen molar-refractivity contribution in [3.05, 3.63) is 46.7 Å². The lowest BCUT2D eigenvalue weighted by atomic mass is 10.1. The largest absolute Gasteiger partial charge is 0.479 e. The van der Waals surface area contributed by atoms with Crippen LogP contribution in [0.1, 0.15) is 10.4 Å². The molecule has 3 rings (SSSR count). The monoisotopic (exact) mass is 379 g/mol. The van der Waals surface area contributed by atoms with E-state index in [1.54, 1.807) is 35.3 Å². The zero-order chi connectivity index (χ0) is 16.4. The second kappa shape index (κ2) is 6.51. The van der Waals surface area contributed by atoms with Crippen molar-refractivity contribution >= 4 is 27.8 Å². The third kappa shape index (κ3) is 3.43.